The Bertz CT molecular complexity index is 593. The van der Waals surface area contributed by atoms with Crippen LogP contribution < -0.4 is 15.4 Å². The molecular weight excluding hydrogens is 318 g/mol. The summed E-state index contributed by atoms with van der Waals surface area (Å²) in [6.45, 7) is 5.46. The molecule has 0 spiro atoms. The van der Waals surface area contributed by atoms with Gasteiger partial charge in [0.1, 0.15) is 0 Å². The molecule has 1 aromatic rings. The lowest BCUT2D eigenvalue weighted by Crippen LogP contribution is -2.41. The van der Waals surface area contributed by atoms with E-state index >= 15 is 0 Å². The Kier molecular flexibility index (Phi) is 8.04. The topological polar surface area (TPSA) is 109 Å². The first-order valence-corrected chi connectivity index (χ1v) is 9.63. The molecule has 9 heteroatoms. The molecule has 8 nitrogen and oxygen atoms in total. The SMILES string of the molecule is CCC(CC)c1cc(CNC(=NC)NCCNS(C)(=O)=O)on1. The lowest BCUT2D eigenvalue weighted by atomic mass is 9.99. The van der Waals surface area contributed by atoms with Gasteiger partial charge >= 0.3 is 0 Å². The maximum atomic E-state index is 11.0. The van der Waals surface area contributed by atoms with Gasteiger partial charge in [-0.3, -0.25) is 4.99 Å². The summed E-state index contributed by atoms with van der Waals surface area (Å²) in [5.74, 6) is 1.73. The minimum Gasteiger partial charge on any atom is -0.359 e. The summed E-state index contributed by atoms with van der Waals surface area (Å²) in [5, 5.41) is 10.2. The Labute approximate surface area is 138 Å². The highest BCUT2D eigenvalue weighted by Crippen LogP contribution is 2.22. The van der Waals surface area contributed by atoms with E-state index in [9.17, 15) is 8.42 Å². The zero-order valence-electron chi connectivity index (χ0n) is 14.2. The molecular formula is C14H27N5O3S. The molecule has 0 amide bonds. The fourth-order valence-electron chi connectivity index (χ4n) is 2.12. The Hall–Kier alpha value is -1.61. The van der Waals surface area contributed by atoms with Gasteiger partial charge in [-0.2, -0.15) is 0 Å². The number of hydrogen-bond donors (Lipinski definition) is 3. The fourth-order valence-corrected chi connectivity index (χ4v) is 2.59. The summed E-state index contributed by atoms with van der Waals surface area (Å²) in [6, 6.07) is 1.96. The molecule has 0 radical (unpaired) electrons. The molecule has 1 heterocycles. The van der Waals surface area contributed by atoms with E-state index in [1.54, 1.807) is 7.05 Å². The molecule has 0 unspecified atom stereocenters. The Morgan fingerprint density at radius 2 is 2.00 bits per heavy atom. The van der Waals surface area contributed by atoms with Gasteiger partial charge in [-0.05, 0) is 12.8 Å². The van der Waals surface area contributed by atoms with E-state index in [-0.39, 0.29) is 0 Å². The molecule has 0 saturated carbocycles. The van der Waals surface area contributed by atoms with Crippen molar-refractivity contribution in [1.29, 1.82) is 0 Å². The monoisotopic (exact) mass is 345 g/mol. The van der Waals surface area contributed by atoms with Crippen molar-refractivity contribution in [3.05, 3.63) is 17.5 Å². The minimum absolute atomic E-state index is 0.292. The van der Waals surface area contributed by atoms with Crippen LogP contribution in [0.25, 0.3) is 0 Å². The van der Waals surface area contributed by atoms with Crippen LogP contribution in [0.3, 0.4) is 0 Å². The van der Waals surface area contributed by atoms with Crippen molar-refractivity contribution in [2.24, 2.45) is 4.99 Å². The average Bonchev–Trinajstić information content (AvgIpc) is 2.95. The van der Waals surface area contributed by atoms with E-state index in [0.717, 1.165) is 30.6 Å². The van der Waals surface area contributed by atoms with Gasteiger partial charge in [0, 0.05) is 32.1 Å². The van der Waals surface area contributed by atoms with Gasteiger partial charge in [0.05, 0.1) is 18.5 Å². The molecule has 0 atom stereocenters. The third-order valence-electron chi connectivity index (χ3n) is 3.42. The van der Waals surface area contributed by atoms with Gasteiger partial charge < -0.3 is 15.2 Å². The second-order valence-electron chi connectivity index (χ2n) is 5.25. The highest BCUT2D eigenvalue weighted by Gasteiger charge is 2.13. The Morgan fingerprint density at radius 3 is 2.57 bits per heavy atom. The van der Waals surface area contributed by atoms with E-state index in [1.165, 1.54) is 0 Å². The first-order valence-electron chi connectivity index (χ1n) is 7.74. The van der Waals surface area contributed by atoms with Crippen molar-refractivity contribution in [3.63, 3.8) is 0 Å². The quantitative estimate of drug-likeness (QED) is 0.347. The molecule has 132 valence electrons. The van der Waals surface area contributed by atoms with Crippen LogP contribution in [0.5, 0.6) is 0 Å². The minimum atomic E-state index is -3.17. The van der Waals surface area contributed by atoms with E-state index < -0.39 is 10.0 Å². The second-order valence-corrected chi connectivity index (χ2v) is 7.08. The summed E-state index contributed by atoms with van der Waals surface area (Å²) in [6.07, 6.45) is 3.19. The van der Waals surface area contributed by atoms with Crippen molar-refractivity contribution < 1.29 is 12.9 Å². The van der Waals surface area contributed by atoms with Gasteiger partial charge in [0.2, 0.25) is 10.0 Å². The van der Waals surface area contributed by atoms with Gasteiger partial charge in [-0.25, -0.2) is 13.1 Å². The molecule has 1 aromatic heterocycles. The maximum absolute atomic E-state index is 11.0. The first-order chi connectivity index (χ1) is 10.9. The molecule has 0 bridgehead atoms. The maximum Gasteiger partial charge on any atom is 0.208 e. The summed E-state index contributed by atoms with van der Waals surface area (Å²) < 4.78 is 29.6. The summed E-state index contributed by atoms with van der Waals surface area (Å²) >= 11 is 0. The highest BCUT2D eigenvalue weighted by molar-refractivity contribution is 7.88. The zero-order valence-corrected chi connectivity index (χ0v) is 15.0. The van der Waals surface area contributed by atoms with Crippen molar-refractivity contribution >= 4 is 16.0 Å². The van der Waals surface area contributed by atoms with E-state index in [2.05, 4.69) is 39.4 Å². The number of guanidine groups is 1. The standard InChI is InChI=1S/C14H27N5O3S/c1-5-11(6-2)13-9-12(22-19-13)10-17-14(15-3)16-7-8-18-23(4,20)21/h9,11,18H,5-8,10H2,1-4H3,(H2,15,16,17). The number of aromatic nitrogens is 1. The Balaban J connectivity index is 2.40. The molecule has 0 aliphatic rings. The second kappa shape index (κ2) is 9.51. The largest absolute Gasteiger partial charge is 0.359 e. The van der Waals surface area contributed by atoms with Crippen LogP contribution in [-0.2, 0) is 16.6 Å². The van der Waals surface area contributed by atoms with E-state index in [4.69, 9.17) is 4.52 Å². The average molecular weight is 345 g/mol. The summed E-state index contributed by atoms with van der Waals surface area (Å²) in [7, 11) is -1.52. The predicted octanol–water partition coefficient (Wildman–Crippen LogP) is 0.792. The van der Waals surface area contributed by atoms with Crippen LogP contribution in [0.4, 0.5) is 0 Å². The predicted molar refractivity (Wildman–Crippen MR) is 90.9 cm³/mol. The van der Waals surface area contributed by atoms with Gasteiger partial charge in [-0.15, -0.1) is 0 Å². The number of sulfonamides is 1. The van der Waals surface area contributed by atoms with Crippen molar-refractivity contribution in [1.82, 2.24) is 20.5 Å². The fraction of sp³-hybridized carbons (Fsp3) is 0.714. The van der Waals surface area contributed by atoms with Crippen LogP contribution >= 0.6 is 0 Å². The smallest absolute Gasteiger partial charge is 0.208 e. The van der Waals surface area contributed by atoms with Gasteiger partial charge in [0.25, 0.3) is 0 Å². The Morgan fingerprint density at radius 1 is 1.30 bits per heavy atom. The van der Waals surface area contributed by atoms with Gasteiger partial charge in [-0.1, -0.05) is 19.0 Å². The normalized spacial score (nSPS) is 12.7. The molecule has 0 aromatic carbocycles. The van der Waals surface area contributed by atoms with Crippen LogP contribution in [0, 0.1) is 0 Å². The number of nitrogens with one attached hydrogen (secondary N) is 3. The lowest BCUT2D eigenvalue weighted by molar-refractivity contribution is 0.368. The van der Waals surface area contributed by atoms with Crippen molar-refractivity contribution in [2.45, 2.75) is 39.2 Å². The lowest BCUT2D eigenvalue weighted by Gasteiger charge is -2.10. The van der Waals surface area contributed by atoms with E-state index in [1.807, 2.05) is 6.07 Å². The van der Waals surface area contributed by atoms with Crippen LogP contribution in [0.2, 0.25) is 0 Å². The van der Waals surface area contributed by atoms with Crippen molar-refractivity contribution in [3.8, 4) is 0 Å². The molecule has 0 aliphatic carbocycles. The summed E-state index contributed by atoms with van der Waals surface area (Å²) in [5.41, 5.74) is 0.979. The van der Waals surface area contributed by atoms with Crippen molar-refractivity contribution in [2.75, 3.05) is 26.4 Å². The number of hydrogen-bond acceptors (Lipinski definition) is 5. The van der Waals surface area contributed by atoms with Crippen LogP contribution in [-0.4, -0.2) is 45.9 Å². The number of nitrogens with zero attached hydrogens (tertiary/aromatic N) is 2. The summed E-state index contributed by atoms with van der Waals surface area (Å²) in [4.78, 5) is 4.07. The molecule has 3 N–H and O–H groups in total. The third-order valence-corrected chi connectivity index (χ3v) is 4.14. The number of aliphatic imine (C=N–C) groups is 1. The third kappa shape index (κ3) is 7.47. The molecule has 0 saturated heterocycles. The highest BCUT2D eigenvalue weighted by atomic mass is 32.2. The zero-order chi connectivity index (χ0) is 17.3. The first kappa shape index (κ1) is 19.4. The molecule has 23 heavy (non-hydrogen) atoms. The van der Waals surface area contributed by atoms with Crippen LogP contribution in [0.1, 0.15) is 44.1 Å². The number of rotatable bonds is 9. The van der Waals surface area contributed by atoms with Gasteiger partial charge in [0.15, 0.2) is 11.7 Å². The molecule has 1 rings (SSSR count). The molecule has 0 aliphatic heterocycles. The van der Waals surface area contributed by atoms with E-state index in [0.29, 0.717) is 31.5 Å². The molecule has 0 fully saturated rings. The van der Waals surface area contributed by atoms with Crippen LogP contribution in [0.15, 0.2) is 15.6 Å².